The SMILES string of the molecule is O=C(CN(c1ccc(Br)cc1)S(=O)(=O)c1ccccc1)Nc1ccc(Br)cc1F. The summed E-state index contributed by atoms with van der Waals surface area (Å²) in [5, 5.41) is 2.42. The van der Waals surface area contributed by atoms with Crippen LogP contribution in [0.5, 0.6) is 0 Å². The summed E-state index contributed by atoms with van der Waals surface area (Å²) in [5.74, 6) is -1.30. The lowest BCUT2D eigenvalue weighted by atomic mass is 10.3. The molecule has 150 valence electrons. The minimum atomic E-state index is -4.02. The number of rotatable bonds is 6. The number of halogens is 3. The second-order valence-electron chi connectivity index (χ2n) is 5.97. The first kappa shape index (κ1) is 21.5. The molecule has 0 aromatic heterocycles. The first-order chi connectivity index (χ1) is 13.8. The molecular formula is C20H15Br2FN2O3S. The highest BCUT2D eigenvalue weighted by atomic mass is 79.9. The molecule has 0 saturated heterocycles. The molecule has 3 aromatic rings. The molecule has 1 N–H and O–H groups in total. The van der Waals surface area contributed by atoms with E-state index in [0.29, 0.717) is 10.2 Å². The van der Waals surface area contributed by atoms with E-state index in [1.165, 1.54) is 24.3 Å². The Bertz CT molecular complexity index is 1120. The molecule has 3 rings (SSSR count). The van der Waals surface area contributed by atoms with Gasteiger partial charge in [0.05, 0.1) is 16.3 Å². The number of hydrogen-bond donors (Lipinski definition) is 1. The maximum atomic E-state index is 14.0. The van der Waals surface area contributed by atoms with Crippen LogP contribution in [0.15, 0.2) is 86.6 Å². The Labute approximate surface area is 184 Å². The number of nitrogens with one attached hydrogen (secondary N) is 1. The molecule has 0 aliphatic carbocycles. The van der Waals surface area contributed by atoms with Crippen LogP contribution in [0.1, 0.15) is 0 Å². The Morgan fingerprint density at radius 1 is 0.931 bits per heavy atom. The molecule has 0 aliphatic rings. The molecule has 0 radical (unpaired) electrons. The second kappa shape index (κ2) is 9.06. The molecule has 0 fully saturated rings. The summed E-state index contributed by atoms with van der Waals surface area (Å²) in [6, 6.07) is 18.5. The maximum Gasteiger partial charge on any atom is 0.264 e. The van der Waals surface area contributed by atoms with Crippen molar-refractivity contribution in [1.82, 2.24) is 0 Å². The minimum absolute atomic E-state index is 0.0361. The molecule has 3 aromatic carbocycles. The largest absolute Gasteiger partial charge is 0.322 e. The van der Waals surface area contributed by atoms with Gasteiger partial charge in [-0.15, -0.1) is 0 Å². The summed E-state index contributed by atoms with van der Waals surface area (Å²) in [6.45, 7) is -0.519. The summed E-state index contributed by atoms with van der Waals surface area (Å²) >= 11 is 6.45. The van der Waals surface area contributed by atoms with E-state index in [4.69, 9.17) is 0 Å². The number of sulfonamides is 1. The molecule has 0 bridgehead atoms. The second-order valence-corrected chi connectivity index (χ2v) is 9.67. The topological polar surface area (TPSA) is 66.5 Å². The monoisotopic (exact) mass is 540 g/mol. The number of nitrogens with zero attached hydrogens (tertiary/aromatic N) is 1. The standard InChI is InChI=1S/C20H15Br2FN2O3S/c21-14-6-9-16(10-7-14)25(29(27,28)17-4-2-1-3-5-17)13-20(26)24-19-11-8-15(22)12-18(19)23/h1-12H,13H2,(H,24,26). The molecule has 1 amide bonds. The van der Waals surface area contributed by atoms with Crippen LogP contribution in [0.4, 0.5) is 15.8 Å². The molecular weight excluding hydrogens is 527 g/mol. The van der Waals surface area contributed by atoms with Crippen molar-refractivity contribution in [2.75, 3.05) is 16.2 Å². The quantitative estimate of drug-likeness (QED) is 0.467. The molecule has 0 spiro atoms. The maximum absolute atomic E-state index is 14.0. The van der Waals surface area contributed by atoms with Crippen LogP contribution in [0.2, 0.25) is 0 Å². The molecule has 0 unspecified atom stereocenters. The fraction of sp³-hybridized carbons (Fsp3) is 0.0500. The van der Waals surface area contributed by atoms with Gasteiger partial charge in [0.1, 0.15) is 12.4 Å². The third-order valence-corrected chi connectivity index (χ3v) is 6.75. The van der Waals surface area contributed by atoms with Crippen molar-refractivity contribution < 1.29 is 17.6 Å². The molecule has 0 aliphatic heterocycles. The third kappa shape index (κ3) is 5.23. The van der Waals surface area contributed by atoms with Gasteiger partial charge in [-0.25, -0.2) is 12.8 Å². The Balaban J connectivity index is 1.93. The van der Waals surface area contributed by atoms with Gasteiger partial charge in [-0.05, 0) is 54.6 Å². The fourth-order valence-corrected chi connectivity index (χ4v) is 4.59. The smallest absolute Gasteiger partial charge is 0.264 e. The first-order valence-electron chi connectivity index (χ1n) is 8.35. The van der Waals surface area contributed by atoms with Gasteiger partial charge in [-0.2, -0.15) is 0 Å². The number of carbonyl (C=O) groups excluding carboxylic acids is 1. The van der Waals surface area contributed by atoms with E-state index in [2.05, 4.69) is 37.2 Å². The van der Waals surface area contributed by atoms with Crippen LogP contribution in [-0.2, 0) is 14.8 Å². The summed E-state index contributed by atoms with van der Waals surface area (Å²) in [5.41, 5.74) is 0.273. The Hall–Kier alpha value is -2.23. The summed E-state index contributed by atoms with van der Waals surface area (Å²) in [7, 11) is -4.02. The van der Waals surface area contributed by atoms with Crippen molar-refractivity contribution in [2.45, 2.75) is 4.90 Å². The van der Waals surface area contributed by atoms with Crippen LogP contribution in [0.3, 0.4) is 0 Å². The predicted molar refractivity (Wildman–Crippen MR) is 118 cm³/mol. The first-order valence-corrected chi connectivity index (χ1v) is 11.4. The van der Waals surface area contributed by atoms with Crippen molar-refractivity contribution >= 4 is 59.2 Å². The third-order valence-electron chi connectivity index (χ3n) is 3.94. The van der Waals surface area contributed by atoms with Crippen molar-refractivity contribution in [3.8, 4) is 0 Å². The Morgan fingerprint density at radius 3 is 2.17 bits per heavy atom. The summed E-state index contributed by atoms with van der Waals surface area (Å²) in [6.07, 6.45) is 0. The van der Waals surface area contributed by atoms with E-state index in [1.54, 1.807) is 48.5 Å². The Morgan fingerprint density at radius 2 is 1.55 bits per heavy atom. The lowest BCUT2D eigenvalue weighted by molar-refractivity contribution is -0.114. The van der Waals surface area contributed by atoms with Crippen LogP contribution in [-0.4, -0.2) is 20.9 Å². The summed E-state index contributed by atoms with van der Waals surface area (Å²) in [4.78, 5) is 12.6. The van der Waals surface area contributed by atoms with Gasteiger partial charge in [-0.1, -0.05) is 50.1 Å². The average molecular weight is 542 g/mol. The summed E-state index contributed by atoms with van der Waals surface area (Å²) < 4.78 is 42.6. The zero-order chi connectivity index (χ0) is 21.0. The van der Waals surface area contributed by atoms with Crippen LogP contribution in [0, 0.1) is 5.82 Å². The number of carbonyl (C=O) groups is 1. The van der Waals surface area contributed by atoms with Gasteiger partial charge in [0.25, 0.3) is 10.0 Å². The van der Waals surface area contributed by atoms with Crippen molar-refractivity contribution in [2.24, 2.45) is 0 Å². The normalized spacial score (nSPS) is 11.1. The highest BCUT2D eigenvalue weighted by Crippen LogP contribution is 2.26. The molecule has 0 heterocycles. The molecule has 5 nitrogen and oxygen atoms in total. The predicted octanol–water partition coefficient (Wildman–Crippen LogP) is 5.18. The minimum Gasteiger partial charge on any atom is -0.322 e. The van der Waals surface area contributed by atoms with Gasteiger partial charge < -0.3 is 5.32 Å². The highest BCUT2D eigenvalue weighted by molar-refractivity contribution is 9.10. The zero-order valence-corrected chi connectivity index (χ0v) is 18.8. The molecule has 0 saturated carbocycles. The van der Waals surface area contributed by atoms with Crippen LogP contribution >= 0.6 is 31.9 Å². The van der Waals surface area contributed by atoms with E-state index in [9.17, 15) is 17.6 Å². The van der Waals surface area contributed by atoms with Crippen molar-refractivity contribution in [3.63, 3.8) is 0 Å². The Kier molecular flexibility index (Phi) is 6.71. The average Bonchev–Trinajstić information content (AvgIpc) is 2.70. The van der Waals surface area contributed by atoms with Crippen molar-refractivity contribution in [3.05, 3.63) is 87.6 Å². The van der Waals surface area contributed by atoms with Crippen LogP contribution < -0.4 is 9.62 Å². The molecule has 0 atom stereocenters. The van der Waals surface area contributed by atoms with E-state index < -0.39 is 28.3 Å². The number of amides is 1. The van der Waals surface area contributed by atoms with Gasteiger partial charge in [0.2, 0.25) is 5.91 Å². The van der Waals surface area contributed by atoms with E-state index >= 15 is 0 Å². The van der Waals surface area contributed by atoms with E-state index in [0.717, 1.165) is 8.78 Å². The number of hydrogen-bond acceptors (Lipinski definition) is 3. The lowest BCUT2D eigenvalue weighted by Crippen LogP contribution is -2.38. The van der Waals surface area contributed by atoms with Crippen molar-refractivity contribution in [1.29, 1.82) is 0 Å². The number of benzene rings is 3. The fourth-order valence-electron chi connectivity index (χ4n) is 2.55. The molecule has 29 heavy (non-hydrogen) atoms. The van der Waals surface area contributed by atoms with Gasteiger partial charge in [0, 0.05) is 8.95 Å². The molecule has 9 heteroatoms. The van der Waals surface area contributed by atoms with Gasteiger partial charge in [0.15, 0.2) is 0 Å². The zero-order valence-electron chi connectivity index (χ0n) is 14.8. The van der Waals surface area contributed by atoms with Gasteiger partial charge in [-0.3, -0.25) is 9.10 Å². The lowest BCUT2D eigenvalue weighted by Gasteiger charge is -2.24. The van der Waals surface area contributed by atoms with E-state index in [-0.39, 0.29) is 10.6 Å². The van der Waals surface area contributed by atoms with Crippen LogP contribution in [0.25, 0.3) is 0 Å². The van der Waals surface area contributed by atoms with Gasteiger partial charge >= 0.3 is 0 Å². The number of anilines is 2. The van der Waals surface area contributed by atoms with E-state index in [1.807, 2.05) is 0 Å². The highest BCUT2D eigenvalue weighted by Gasteiger charge is 2.27.